The van der Waals surface area contributed by atoms with Crippen molar-refractivity contribution in [1.82, 2.24) is 20.0 Å². The van der Waals surface area contributed by atoms with E-state index < -0.39 is 11.1 Å². The maximum atomic E-state index is 15.2. The number of rotatable bonds is 11. The van der Waals surface area contributed by atoms with Crippen LogP contribution in [0.3, 0.4) is 0 Å². The number of amidine groups is 1. The molecule has 274 valence electrons. The summed E-state index contributed by atoms with van der Waals surface area (Å²) in [6.07, 6.45) is 0. The largest absolute Gasteiger partial charge is 0.493 e. The van der Waals surface area contributed by atoms with Crippen LogP contribution in [-0.4, -0.2) is 91.6 Å². The Morgan fingerprint density at radius 3 is 2.04 bits per heavy atom. The van der Waals surface area contributed by atoms with Crippen LogP contribution in [0.4, 0.5) is 4.79 Å². The number of piperazine rings is 1. The molecule has 3 aromatic carbocycles. The molecule has 3 aromatic rings. The first-order chi connectivity index (χ1) is 24.2. The third kappa shape index (κ3) is 8.07. The van der Waals surface area contributed by atoms with Crippen LogP contribution in [0.2, 0.25) is 10.0 Å². The highest BCUT2D eigenvalue weighted by Crippen LogP contribution is 2.54. The number of aliphatic imine (C=N–C) groups is 1. The number of nitrogens with one attached hydrogen (secondary N) is 1. The molecule has 5 rings (SSSR count). The van der Waals surface area contributed by atoms with Crippen LogP contribution in [0.1, 0.15) is 70.7 Å². The van der Waals surface area contributed by atoms with Gasteiger partial charge in [-0.2, -0.15) is 0 Å². The van der Waals surface area contributed by atoms with Gasteiger partial charge in [-0.25, -0.2) is 4.79 Å². The van der Waals surface area contributed by atoms with Gasteiger partial charge in [-0.15, -0.1) is 0 Å². The molecule has 2 heterocycles. The Morgan fingerprint density at radius 1 is 0.863 bits per heavy atom. The molecular weight excluding hydrogens is 685 g/mol. The zero-order chi connectivity index (χ0) is 37.0. The van der Waals surface area contributed by atoms with E-state index in [-0.39, 0.29) is 23.9 Å². The van der Waals surface area contributed by atoms with Crippen molar-refractivity contribution in [3.05, 3.63) is 99.0 Å². The summed E-state index contributed by atoms with van der Waals surface area (Å²) in [6.45, 7) is 18.8. The van der Waals surface area contributed by atoms with E-state index in [1.165, 1.54) is 0 Å². The molecule has 0 radical (unpaired) electrons. The average Bonchev–Trinajstić information content (AvgIpc) is 3.34. The molecular formula is C40H51Cl2N5O4. The third-order valence-corrected chi connectivity index (χ3v) is 10.6. The molecule has 1 saturated heterocycles. The Hall–Kier alpha value is -3.63. The lowest BCUT2D eigenvalue weighted by Crippen LogP contribution is -2.61. The Kier molecular flexibility index (Phi) is 12.1. The van der Waals surface area contributed by atoms with Gasteiger partial charge in [0.1, 0.15) is 22.7 Å². The van der Waals surface area contributed by atoms with Crippen LogP contribution in [-0.2, 0) is 26.0 Å². The van der Waals surface area contributed by atoms with Gasteiger partial charge in [0.15, 0.2) is 0 Å². The maximum Gasteiger partial charge on any atom is 0.326 e. The molecule has 1 fully saturated rings. The van der Waals surface area contributed by atoms with Gasteiger partial charge < -0.3 is 19.7 Å². The highest BCUT2D eigenvalue weighted by atomic mass is 35.5. The van der Waals surface area contributed by atoms with E-state index >= 15 is 4.79 Å². The van der Waals surface area contributed by atoms with E-state index in [1.807, 2.05) is 78.2 Å². The summed E-state index contributed by atoms with van der Waals surface area (Å²) in [4.78, 5) is 39.2. The van der Waals surface area contributed by atoms with Gasteiger partial charge in [0.25, 0.3) is 0 Å². The van der Waals surface area contributed by atoms with Crippen molar-refractivity contribution in [2.24, 2.45) is 4.99 Å². The first kappa shape index (κ1) is 38.6. The van der Waals surface area contributed by atoms with E-state index in [2.05, 4.69) is 57.0 Å². The van der Waals surface area contributed by atoms with Crippen molar-refractivity contribution in [2.75, 3.05) is 59.1 Å². The van der Waals surface area contributed by atoms with Crippen LogP contribution in [0.25, 0.3) is 0 Å². The van der Waals surface area contributed by atoms with Crippen molar-refractivity contribution in [2.45, 2.75) is 65.0 Å². The standard InChI is InChI=1S/C40H51Cl2N5O4/c1-8-50-25-20-43-35(48)27-45-21-23-46(24-22-45)37(49)47-36(33-19-14-30(38(3,4)5)26-34(33)51-9-2)44-39(6,28-10-15-31(41)16-11-28)40(47,7)29-12-17-32(42)18-13-29/h10-19,26H,8-9,20-25,27H2,1-7H3,(H,43,48)/t39-,40+/m0/s1. The lowest BCUT2D eigenvalue weighted by atomic mass is 9.71. The van der Waals surface area contributed by atoms with Crippen LogP contribution >= 0.6 is 23.2 Å². The van der Waals surface area contributed by atoms with Gasteiger partial charge in [0, 0.05) is 49.4 Å². The molecule has 11 heteroatoms. The zero-order valence-electron chi connectivity index (χ0n) is 30.9. The van der Waals surface area contributed by atoms with Gasteiger partial charge >= 0.3 is 6.03 Å². The van der Waals surface area contributed by atoms with Crippen molar-refractivity contribution < 1.29 is 19.1 Å². The number of amides is 3. The quantitative estimate of drug-likeness (QED) is 0.207. The summed E-state index contributed by atoms with van der Waals surface area (Å²) in [5.74, 6) is 1.13. The van der Waals surface area contributed by atoms with Gasteiger partial charge in [-0.05, 0) is 86.2 Å². The van der Waals surface area contributed by atoms with Crippen LogP contribution in [0, 0.1) is 0 Å². The number of hydrogen-bond acceptors (Lipinski definition) is 6. The van der Waals surface area contributed by atoms with Crippen molar-refractivity contribution in [1.29, 1.82) is 0 Å². The fraction of sp³-hybridized carbons (Fsp3) is 0.475. The lowest BCUT2D eigenvalue weighted by Gasteiger charge is -2.47. The van der Waals surface area contributed by atoms with E-state index in [1.54, 1.807) is 0 Å². The van der Waals surface area contributed by atoms with Crippen molar-refractivity contribution in [3.8, 4) is 5.75 Å². The summed E-state index contributed by atoms with van der Waals surface area (Å²) in [5.41, 5.74) is 1.55. The molecule has 0 unspecified atom stereocenters. The molecule has 51 heavy (non-hydrogen) atoms. The minimum absolute atomic E-state index is 0.0559. The van der Waals surface area contributed by atoms with E-state index in [4.69, 9.17) is 37.7 Å². The Labute approximate surface area is 312 Å². The fourth-order valence-electron chi connectivity index (χ4n) is 6.92. The smallest absolute Gasteiger partial charge is 0.326 e. The van der Waals surface area contributed by atoms with Crippen LogP contribution in [0.5, 0.6) is 5.75 Å². The van der Waals surface area contributed by atoms with Gasteiger partial charge in [-0.3, -0.25) is 19.6 Å². The first-order valence-electron chi connectivity index (χ1n) is 17.8. The number of carbonyl (C=O) groups excluding carboxylic acids is 2. The topological polar surface area (TPSA) is 86.7 Å². The Bertz CT molecular complexity index is 1720. The summed E-state index contributed by atoms with van der Waals surface area (Å²) in [7, 11) is 0. The molecule has 3 amide bonds. The molecule has 2 aliphatic rings. The molecule has 0 saturated carbocycles. The molecule has 1 N–H and O–H groups in total. The second kappa shape index (κ2) is 15.9. The zero-order valence-corrected chi connectivity index (χ0v) is 32.4. The SMILES string of the molecule is CCOCCNC(=O)CN1CCN(C(=O)N2C(c3ccc(C(C)(C)C)cc3OCC)=N[C@@](C)(c3ccc(Cl)cc3)[C@@]2(C)c2ccc(Cl)cc2)CC1. The molecule has 9 nitrogen and oxygen atoms in total. The van der Waals surface area contributed by atoms with Gasteiger partial charge in [-0.1, -0.05) is 74.3 Å². The number of hydrogen-bond donors (Lipinski definition) is 1. The number of urea groups is 1. The number of halogens is 2. The molecule has 0 spiro atoms. The maximum absolute atomic E-state index is 15.2. The molecule has 0 aliphatic carbocycles. The van der Waals surface area contributed by atoms with E-state index in [0.29, 0.717) is 74.2 Å². The monoisotopic (exact) mass is 735 g/mol. The predicted molar refractivity (Wildman–Crippen MR) is 205 cm³/mol. The number of benzene rings is 3. The minimum Gasteiger partial charge on any atom is -0.493 e. The number of nitrogens with zero attached hydrogens (tertiary/aromatic N) is 4. The normalized spacial score (nSPS) is 21.1. The lowest BCUT2D eigenvalue weighted by molar-refractivity contribution is -0.122. The predicted octanol–water partition coefficient (Wildman–Crippen LogP) is 7.47. The number of carbonyl (C=O) groups is 2. The number of ether oxygens (including phenoxy) is 2. The van der Waals surface area contributed by atoms with Gasteiger partial charge in [0.2, 0.25) is 5.91 Å². The minimum atomic E-state index is -1.01. The van der Waals surface area contributed by atoms with E-state index in [9.17, 15) is 4.79 Å². The van der Waals surface area contributed by atoms with Gasteiger partial charge in [0.05, 0.1) is 25.3 Å². The molecule has 0 aromatic heterocycles. The Balaban J connectivity index is 1.59. The van der Waals surface area contributed by atoms with Crippen LogP contribution < -0.4 is 10.1 Å². The Morgan fingerprint density at radius 2 is 1.47 bits per heavy atom. The van der Waals surface area contributed by atoms with Crippen molar-refractivity contribution in [3.63, 3.8) is 0 Å². The summed E-state index contributed by atoms with van der Waals surface area (Å²) >= 11 is 12.8. The summed E-state index contributed by atoms with van der Waals surface area (Å²) < 4.78 is 11.7. The highest BCUT2D eigenvalue weighted by molar-refractivity contribution is 6.30. The van der Waals surface area contributed by atoms with E-state index in [0.717, 1.165) is 22.3 Å². The van der Waals surface area contributed by atoms with Crippen molar-refractivity contribution >= 4 is 41.0 Å². The van der Waals surface area contributed by atoms with Crippen LogP contribution in [0.15, 0.2) is 71.7 Å². The highest BCUT2D eigenvalue weighted by Gasteiger charge is 2.60. The first-order valence-corrected chi connectivity index (χ1v) is 18.5. The molecule has 2 atom stereocenters. The second-order valence-electron chi connectivity index (χ2n) is 14.4. The third-order valence-electron chi connectivity index (χ3n) is 10.1. The average molecular weight is 737 g/mol. The summed E-state index contributed by atoms with van der Waals surface area (Å²) in [6, 6.07) is 21.4. The molecule has 2 aliphatic heterocycles. The fourth-order valence-corrected chi connectivity index (χ4v) is 7.17. The summed E-state index contributed by atoms with van der Waals surface area (Å²) in [5, 5.41) is 4.13. The molecule has 0 bridgehead atoms. The second-order valence-corrected chi connectivity index (χ2v) is 15.3.